The van der Waals surface area contributed by atoms with Crippen LogP contribution in [0.15, 0.2) is 12.1 Å². The molecule has 0 aliphatic carbocycles. The molecule has 4 heteroatoms. The van der Waals surface area contributed by atoms with Crippen molar-refractivity contribution in [1.29, 1.82) is 0 Å². The second-order valence-corrected chi connectivity index (χ2v) is 3.19. The summed E-state index contributed by atoms with van der Waals surface area (Å²) in [7, 11) is 4.76. The van der Waals surface area contributed by atoms with Gasteiger partial charge in [0.1, 0.15) is 0 Å². The Morgan fingerprint density at radius 3 is 2.06 bits per heavy atom. The first-order valence-electron chi connectivity index (χ1n) is 5.20. The molecule has 0 amide bonds. The van der Waals surface area contributed by atoms with Crippen molar-refractivity contribution < 1.29 is 14.2 Å². The Morgan fingerprint density at radius 1 is 1.06 bits per heavy atom. The fourth-order valence-electron chi connectivity index (χ4n) is 1.42. The predicted molar refractivity (Wildman–Crippen MR) is 68.0 cm³/mol. The topological polar surface area (TPSA) is 39.7 Å². The summed E-state index contributed by atoms with van der Waals surface area (Å²) in [6.45, 7) is 2.38. The van der Waals surface area contributed by atoms with E-state index >= 15 is 0 Å². The quantitative estimate of drug-likeness (QED) is 0.794. The zero-order chi connectivity index (χ0) is 12.7. The third kappa shape index (κ3) is 3.22. The molecule has 1 aromatic carbocycles. The average Bonchev–Trinajstić information content (AvgIpc) is 2.37. The van der Waals surface area contributed by atoms with Crippen LogP contribution in [0.1, 0.15) is 6.92 Å². The molecule has 92 valence electrons. The average molecular weight is 235 g/mol. The standard InChI is InChI=1S/C13H17NO3/c1-5-6-7-14-10-8-11(15-2)13(17-4)12(9-10)16-3/h8-9,14H,7H2,1-4H3. The van der Waals surface area contributed by atoms with Crippen molar-refractivity contribution >= 4 is 5.69 Å². The lowest BCUT2D eigenvalue weighted by atomic mass is 10.2. The molecule has 4 nitrogen and oxygen atoms in total. The molecule has 0 saturated heterocycles. The maximum Gasteiger partial charge on any atom is 0.203 e. The van der Waals surface area contributed by atoms with Crippen LogP contribution in [0, 0.1) is 11.8 Å². The molecule has 0 aromatic heterocycles. The van der Waals surface area contributed by atoms with Gasteiger partial charge in [0.15, 0.2) is 11.5 Å². The number of hydrogen-bond donors (Lipinski definition) is 1. The summed E-state index contributed by atoms with van der Waals surface area (Å²) in [5.41, 5.74) is 0.877. The Kier molecular flexibility index (Phi) is 5.02. The van der Waals surface area contributed by atoms with Crippen molar-refractivity contribution in [3.8, 4) is 29.1 Å². The van der Waals surface area contributed by atoms with Gasteiger partial charge in [-0.3, -0.25) is 0 Å². The predicted octanol–water partition coefficient (Wildman–Crippen LogP) is 2.15. The Bertz CT molecular complexity index is 407. The monoisotopic (exact) mass is 235 g/mol. The Labute approximate surface area is 102 Å². The number of ether oxygens (including phenoxy) is 3. The van der Waals surface area contributed by atoms with Crippen LogP contribution >= 0.6 is 0 Å². The SMILES string of the molecule is CC#CCNc1cc(OC)c(OC)c(OC)c1. The van der Waals surface area contributed by atoms with Gasteiger partial charge in [-0.1, -0.05) is 5.92 Å². The van der Waals surface area contributed by atoms with E-state index < -0.39 is 0 Å². The van der Waals surface area contributed by atoms with Gasteiger partial charge in [0.2, 0.25) is 5.75 Å². The van der Waals surface area contributed by atoms with Gasteiger partial charge in [0.25, 0.3) is 0 Å². The minimum absolute atomic E-state index is 0.579. The highest BCUT2D eigenvalue weighted by Crippen LogP contribution is 2.39. The van der Waals surface area contributed by atoms with Crippen LogP contribution in [0.2, 0.25) is 0 Å². The molecule has 0 spiro atoms. The molecule has 0 unspecified atom stereocenters. The molecule has 0 aliphatic heterocycles. The highest BCUT2D eigenvalue weighted by molar-refractivity contribution is 5.62. The van der Waals surface area contributed by atoms with Gasteiger partial charge in [-0.15, -0.1) is 5.92 Å². The molecule has 0 heterocycles. The summed E-state index contributed by atoms with van der Waals surface area (Å²) in [4.78, 5) is 0. The minimum atomic E-state index is 0.579. The highest BCUT2D eigenvalue weighted by Gasteiger charge is 2.12. The maximum atomic E-state index is 5.24. The molecule has 0 fully saturated rings. The minimum Gasteiger partial charge on any atom is -0.493 e. The van der Waals surface area contributed by atoms with E-state index in [-0.39, 0.29) is 0 Å². The Hall–Kier alpha value is -2.02. The van der Waals surface area contributed by atoms with Crippen LogP contribution in [0.5, 0.6) is 17.2 Å². The van der Waals surface area contributed by atoms with E-state index in [1.54, 1.807) is 28.3 Å². The molecular weight excluding hydrogens is 218 g/mol. The lowest BCUT2D eigenvalue weighted by molar-refractivity contribution is 0.324. The summed E-state index contributed by atoms with van der Waals surface area (Å²) in [5.74, 6) is 7.58. The molecule has 0 bridgehead atoms. The first-order chi connectivity index (χ1) is 8.26. The lowest BCUT2D eigenvalue weighted by Crippen LogP contribution is -2.01. The fourth-order valence-corrected chi connectivity index (χ4v) is 1.42. The largest absolute Gasteiger partial charge is 0.493 e. The number of methoxy groups -OCH3 is 3. The van der Waals surface area contributed by atoms with Gasteiger partial charge in [-0.25, -0.2) is 0 Å². The lowest BCUT2D eigenvalue weighted by Gasteiger charge is -2.14. The molecule has 1 rings (SSSR count). The van der Waals surface area contributed by atoms with Crippen LogP contribution in [0.3, 0.4) is 0 Å². The van der Waals surface area contributed by atoms with Crippen LogP contribution < -0.4 is 19.5 Å². The molecule has 1 N–H and O–H groups in total. The Morgan fingerprint density at radius 2 is 1.65 bits per heavy atom. The number of nitrogens with one attached hydrogen (secondary N) is 1. The van der Waals surface area contributed by atoms with Crippen molar-refractivity contribution in [2.45, 2.75) is 6.92 Å². The normalized spacial score (nSPS) is 8.94. The number of hydrogen-bond acceptors (Lipinski definition) is 4. The fraction of sp³-hybridized carbons (Fsp3) is 0.385. The third-order valence-corrected chi connectivity index (χ3v) is 2.22. The molecule has 17 heavy (non-hydrogen) atoms. The van der Waals surface area contributed by atoms with E-state index in [1.165, 1.54) is 0 Å². The zero-order valence-electron chi connectivity index (χ0n) is 10.6. The second-order valence-electron chi connectivity index (χ2n) is 3.19. The second kappa shape index (κ2) is 6.54. The molecule has 0 saturated carbocycles. The third-order valence-electron chi connectivity index (χ3n) is 2.22. The summed E-state index contributed by atoms with van der Waals surface area (Å²) >= 11 is 0. The molecule has 0 atom stereocenters. The number of anilines is 1. The van der Waals surface area contributed by atoms with Crippen LogP contribution in [0.25, 0.3) is 0 Å². The van der Waals surface area contributed by atoms with Crippen molar-refractivity contribution in [3.63, 3.8) is 0 Å². The Balaban J connectivity index is 3.02. The summed E-state index contributed by atoms with van der Waals surface area (Å²) < 4.78 is 15.7. The van der Waals surface area contributed by atoms with E-state index in [0.29, 0.717) is 23.8 Å². The van der Waals surface area contributed by atoms with Gasteiger partial charge in [-0.05, 0) is 6.92 Å². The smallest absolute Gasteiger partial charge is 0.203 e. The van der Waals surface area contributed by atoms with Crippen LogP contribution in [-0.4, -0.2) is 27.9 Å². The summed E-state index contributed by atoms with van der Waals surface area (Å²) in [5, 5.41) is 3.16. The van der Waals surface area contributed by atoms with E-state index in [9.17, 15) is 0 Å². The first-order valence-corrected chi connectivity index (χ1v) is 5.20. The van der Waals surface area contributed by atoms with Gasteiger partial charge in [-0.2, -0.15) is 0 Å². The van der Waals surface area contributed by atoms with Gasteiger partial charge < -0.3 is 19.5 Å². The summed E-state index contributed by atoms with van der Waals surface area (Å²) in [6, 6.07) is 3.69. The van der Waals surface area contributed by atoms with Crippen LogP contribution in [-0.2, 0) is 0 Å². The molecule has 0 radical (unpaired) electrons. The van der Waals surface area contributed by atoms with Crippen molar-refractivity contribution in [3.05, 3.63) is 12.1 Å². The highest BCUT2D eigenvalue weighted by atomic mass is 16.5. The molecule has 0 aliphatic rings. The van der Waals surface area contributed by atoms with E-state index in [4.69, 9.17) is 14.2 Å². The zero-order valence-corrected chi connectivity index (χ0v) is 10.6. The van der Waals surface area contributed by atoms with Crippen LogP contribution in [0.4, 0.5) is 5.69 Å². The molecule has 1 aromatic rings. The first kappa shape index (κ1) is 13.0. The van der Waals surface area contributed by atoms with E-state index in [0.717, 1.165) is 5.69 Å². The number of rotatable bonds is 5. The van der Waals surface area contributed by atoms with E-state index in [1.807, 2.05) is 12.1 Å². The van der Waals surface area contributed by atoms with Gasteiger partial charge in [0, 0.05) is 17.8 Å². The van der Waals surface area contributed by atoms with E-state index in [2.05, 4.69) is 17.2 Å². The number of benzene rings is 1. The van der Waals surface area contributed by atoms with Crippen molar-refractivity contribution in [1.82, 2.24) is 0 Å². The molecular formula is C13H17NO3. The van der Waals surface area contributed by atoms with Gasteiger partial charge in [0.05, 0.1) is 27.9 Å². The van der Waals surface area contributed by atoms with Crippen molar-refractivity contribution in [2.24, 2.45) is 0 Å². The maximum absolute atomic E-state index is 5.24. The summed E-state index contributed by atoms with van der Waals surface area (Å²) in [6.07, 6.45) is 0. The van der Waals surface area contributed by atoms with Crippen molar-refractivity contribution in [2.75, 3.05) is 33.2 Å². The van der Waals surface area contributed by atoms with Gasteiger partial charge >= 0.3 is 0 Å².